The molecule has 0 aromatic heterocycles. The number of likely N-dealkylation sites (N-methyl/N-ethyl adjacent to an activating group) is 1. The largest absolute Gasteiger partial charge is 0.326 e. The van der Waals surface area contributed by atoms with E-state index in [-0.39, 0.29) is 6.03 Å². The first-order chi connectivity index (χ1) is 7.25. The molecule has 2 aliphatic rings. The third kappa shape index (κ3) is 1.23. The van der Waals surface area contributed by atoms with Crippen LogP contribution in [-0.2, 0) is 13.0 Å². The first-order valence-electron chi connectivity index (χ1n) is 5.34. The van der Waals surface area contributed by atoms with Crippen molar-refractivity contribution in [2.45, 2.75) is 19.0 Å². The molecule has 1 saturated heterocycles. The van der Waals surface area contributed by atoms with Crippen LogP contribution in [0.25, 0.3) is 0 Å². The van der Waals surface area contributed by atoms with Crippen molar-refractivity contribution in [2.75, 3.05) is 13.6 Å². The third-order valence-corrected chi connectivity index (χ3v) is 3.41. The zero-order valence-corrected chi connectivity index (χ0v) is 8.81. The molecule has 0 spiro atoms. The molecule has 1 aromatic carbocycles. The van der Waals surface area contributed by atoms with Crippen LogP contribution in [0, 0.1) is 0 Å². The van der Waals surface area contributed by atoms with Crippen LogP contribution >= 0.6 is 0 Å². The molecule has 78 valence electrons. The van der Waals surface area contributed by atoms with Crippen molar-refractivity contribution in [1.29, 1.82) is 0 Å². The summed E-state index contributed by atoms with van der Waals surface area (Å²) in [5, 5.41) is 0. The third-order valence-electron chi connectivity index (χ3n) is 3.41. The van der Waals surface area contributed by atoms with Crippen molar-refractivity contribution < 1.29 is 4.79 Å². The summed E-state index contributed by atoms with van der Waals surface area (Å²) in [5.41, 5.74) is 2.71. The van der Waals surface area contributed by atoms with Gasteiger partial charge in [0.25, 0.3) is 0 Å². The molecule has 3 heteroatoms. The fourth-order valence-corrected chi connectivity index (χ4v) is 2.59. The quantitative estimate of drug-likeness (QED) is 0.625. The highest BCUT2D eigenvalue weighted by Gasteiger charge is 2.37. The molecule has 1 fully saturated rings. The summed E-state index contributed by atoms with van der Waals surface area (Å²) in [6, 6.07) is 8.98. The van der Waals surface area contributed by atoms with E-state index in [9.17, 15) is 4.79 Å². The van der Waals surface area contributed by atoms with E-state index in [0.29, 0.717) is 6.04 Å². The Hall–Kier alpha value is -1.51. The molecular weight excluding hydrogens is 188 g/mol. The lowest BCUT2D eigenvalue weighted by atomic mass is 9.95. The van der Waals surface area contributed by atoms with Gasteiger partial charge >= 0.3 is 6.03 Å². The van der Waals surface area contributed by atoms with Crippen LogP contribution in [0.5, 0.6) is 0 Å². The van der Waals surface area contributed by atoms with Gasteiger partial charge in [-0.1, -0.05) is 24.3 Å². The van der Waals surface area contributed by atoms with Gasteiger partial charge in [-0.2, -0.15) is 0 Å². The highest BCUT2D eigenvalue weighted by atomic mass is 16.2. The minimum Gasteiger partial charge on any atom is -0.326 e. The average Bonchev–Trinajstić information content (AvgIpc) is 2.52. The number of carbonyl (C=O) groups is 1. The highest BCUT2D eigenvalue weighted by Crippen LogP contribution is 2.27. The fourth-order valence-electron chi connectivity index (χ4n) is 2.59. The van der Waals surface area contributed by atoms with Crippen LogP contribution in [0.15, 0.2) is 24.3 Å². The number of fused-ring (bicyclic) bond motifs is 2. The van der Waals surface area contributed by atoms with Crippen LogP contribution in [0.1, 0.15) is 11.1 Å². The number of rotatable bonds is 0. The van der Waals surface area contributed by atoms with Gasteiger partial charge in [-0.3, -0.25) is 0 Å². The summed E-state index contributed by atoms with van der Waals surface area (Å²) in [4.78, 5) is 15.6. The van der Waals surface area contributed by atoms with E-state index in [2.05, 4.69) is 18.2 Å². The second kappa shape index (κ2) is 2.99. The van der Waals surface area contributed by atoms with Gasteiger partial charge in [-0.15, -0.1) is 0 Å². The second-order valence-corrected chi connectivity index (χ2v) is 4.42. The van der Waals surface area contributed by atoms with Crippen molar-refractivity contribution in [1.82, 2.24) is 9.80 Å². The first kappa shape index (κ1) is 8.77. The maximum absolute atomic E-state index is 11.8. The Bertz CT molecular complexity index is 416. The smallest absolute Gasteiger partial charge is 0.320 e. The predicted molar refractivity (Wildman–Crippen MR) is 57.5 cm³/mol. The number of hydrogen-bond donors (Lipinski definition) is 0. The van der Waals surface area contributed by atoms with Gasteiger partial charge in [0.1, 0.15) is 0 Å². The number of amides is 2. The van der Waals surface area contributed by atoms with E-state index in [1.807, 2.05) is 22.9 Å². The molecule has 1 aromatic rings. The lowest BCUT2D eigenvalue weighted by Gasteiger charge is -2.29. The molecule has 15 heavy (non-hydrogen) atoms. The number of carbonyl (C=O) groups excluding carboxylic acids is 1. The minimum atomic E-state index is 0.175. The molecule has 1 atom stereocenters. The van der Waals surface area contributed by atoms with Crippen LogP contribution in [0.2, 0.25) is 0 Å². The number of hydrogen-bond acceptors (Lipinski definition) is 1. The van der Waals surface area contributed by atoms with Crippen molar-refractivity contribution in [2.24, 2.45) is 0 Å². The Morgan fingerprint density at radius 2 is 2.00 bits per heavy atom. The zero-order chi connectivity index (χ0) is 10.4. The Balaban J connectivity index is 1.97. The van der Waals surface area contributed by atoms with Gasteiger partial charge in [0, 0.05) is 20.1 Å². The fraction of sp³-hybridized carbons (Fsp3) is 0.417. The average molecular weight is 202 g/mol. The first-order valence-corrected chi connectivity index (χ1v) is 5.34. The molecule has 2 heterocycles. The Kier molecular flexibility index (Phi) is 1.75. The topological polar surface area (TPSA) is 23.6 Å². The SMILES string of the molecule is CN1C[C@@H]2Cc3ccccc3CN2C1=O. The molecule has 0 unspecified atom stereocenters. The summed E-state index contributed by atoms with van der Waals surface area (Å²) in [6.07, 6.45) is 1.01. The molecule has 2 amide bonds. The molecule has 0 N–H and O–H groups in total. The Morgan fingerprint density at radius 1 is 1.27 bits per heavy atom. The molecule has 3 nitrogen and oxygen atoms in total. The number of nitrogens with zero attached hydrogens (tertiary/aromatic N) is 2. The summed E-state index contributed by atoms with van der Waals surface area (Å²) in [5.74, 6) is 0. The molecule has 0 radical (unpaired) electrons. The lowest BCUT2D eigenvalue weighted by molar-refractivity contribution is 0.185. The molecular formula is C12H14N2O. The van der Waals surface area contributed by atoms with Gasteiger partial charge in [-0.05, 0) is 17.5 Å². The summed E-state index contributed by atoms with van der Waals surface area (Å²) >= 11 is 0. The molecule has 0 saturated carbocycles. The molecule has 0 aliphatic carbocycles. The monoisotopic (exact) mass is 202 g/mol. The molecule has 2 aliphatic heterocycles. The van der Waals surface area contributed by atoms with E-state index in [0.717, 1.165) is 19.5 Å². The van der Waals surface area contributed by atoms with Gasteiger partial charge in [0.15, 0.2) is 0 Å². The van der Waals surface area contributed by atoms with Gasteiger partial charge < -0.3 is 9.80 Å². The van der Waals surface area contributed by atoms with E-state index in [1.54, 1.807) is 0 Å². The van der Waals surface area contributed by atoms with E-state index in [1.165, 1.54) is 11.1 Å². The van der Waals surface area contributed by atoms with Gasteiger partial charge in [-0.25, -0.2) is 4.79 Å². The van der Waals surface area contributed by atoms with Crippen molar-refractivity contribution in [3.05, 3.63) is 35.4 Å². The van der Waals surface area contributed by atoms with Crippen molar-refractivity contribution in [3.63, 3.8) is 0 Å². The maximum Gasteiger partial charge on any atom is 0.320 e. The lowest BCUT2D eigenvalue weighted by Crippen LogP contribution is -2.38. The van der Waals surface area contributed by atoms with Crippen LogP contribution in [-0.4, -0.2) is 35.5 Å². The summed E-state index contributed by atoms with van der Waals surface area (Å²) in [7, 11) is 1.88. The van der Waals surface area contributed by atoms with Crippen molar-refractivity contribution >= 4 is 6.03 Å². The highest BCUT2D eigenvalue weighted by molar-refractivity contribution is 5.77. The summed E-state index contributed by atoms with van der Waals surface area (Å²) < 4.78 is 0. The standard InChI is InChI=1S/C12H14N2O/c1-13-8-11-6-9-4-2-3-5-10(9)7-14(11)12(13)15/h2-5,11H,6-8H2,1H3/t11-/m0/s1. The van der Waals surface area contributed by atoms with Gasteiger partial charge in [0.2, 0.25) is 0 Å². The van der Waals surface area contributed by atoms with Gasteiger partial charge in [0.05, 0.1) is 6.04 Å². The molecule has 0 bridgehead atoms. The number of urea groups is 1. The normalized spacial score (nSPS) is 24.1. The number of benzene rings is 1. The predicted octanol–water partition coefficient (Wildman–Crippen LogP) is 1.48. The van der Waals surface area contributed by atoms with E-state index >= 15 is 0 Å². The molecule has 3 rings (SSSR count). The van der Waals surface area contributed by atoms with Crippen LogP contribution < -0.4 is 0 Å². The van der Waals surface area contributed by atoms with Crippen molar-refractivity contribution in [3.8, 4) is 0 Å². The summed E-state index contributed by atoms with van der Waals surface area (Å²) in [6.45, 7) is 1.65. The minimum absolute atomic E-state index is 0.175. The maximum atomic E-state index is 11.8. The Labute approximate surface area is 89.3 Å². The zero-order valence-electron chi connectivity index (χ0n) is 8.81. The van der Waals surface area contributed by atoms with Crippen LogP contribution in [0.4, 0.5) is 4.79 Å². The van der Waals surface area contributed by atoms with E-state index in [4.69, 9.17) is 0 Å². The van der Waals surface area contributed by atoms with Crippen LogP contribution in [0.3, 0.4) is 0 Å². The second-order valence-electron chi connectivity index (χ2n) is 4.42. The van der Waals surface area contributed by atoms with E-state index < -0.39 is 0 Å². The Morgan fingerprint density at radius 3 is 2.80 bits per heavy atom.